The van der Waals surface area contributed by atoms with Gasteiger partial charge in [-0.3, -0.25) is 4.79 Å². The van der Waals surface area contributed by atoms with Crippen molar-refractivity contribution in [2.45, 2.75) is 6.54 Å². The van der Waals surface area contributed by atoms with Crippen LogP contribution in [-0.2, 0) is 16.1 Å². The molecule has 0 bridgehead atoms. The molecule has 0 atom stereocenters. The Kier molecular flexibility index (Phi) is 7.55. The highest BCUT2D eigenvalue weighted by molar-refractivity contribution is 6.38. The van der Waals surface area contributed by atoms with Crippen molar-refractivity contribution >= 4 is 28.7 Å². The van der Waals surface area contributed by atoms with Crippen LogP contribution in [0.3, 0.4) is 0 Å². The molecule has 202 valence electrons. The highest BCUT2D eigenvalue weighted by atomic mass is 16.5. The molecule has 7 heteroatoms. The molecule has 0 spiro atoms. The zero-order chi connectivity index (χ0) is 28.2. The second-order valence-electron chi connectivity index (χ2n) is 9.13. The number of benzene rings is 4. The average molecular weight is 536 g/mol. The van der Waals surface area contributed by atoms with E-state index in [0.29, 0.717) is 28.4 Å². The molecule has 0 saturated heterocycles. The minimum absolute atomic E-state index is 0.155. The van der Waals surface area contributed by atoms with Gasteiger partial charge in [0.15, 0.2) is 11.5 Å². The summed E-state index contributed by atoms with van der Waals surface area (Å²) in [6, 6.07) is 28.3. The number of para-hydroxylation sites is 1. The summed E-state index contributed by atoms with van der Waals surface area (Å²) in [4.78, 5) is 28.2. The van der Waals surface area contributed by atoms with Crippen LogP contribution in [0.5, 0.6) is 17.2 Å². The lowest BCUT2D eigenvalue weighted by Gasteiger charge is -2.19. The number of rotatable bonds is 8. The second-order valence-corrected chi connectivity index (χ2v) is 9.13. The summed E-state index contributed by atoms with van der Waals surface area (Å²) in [7, 11) is 6.04. The van der Waals surface area contributed by atoms with Gasteiger partial charge in [-0.2, -0.15) is 0 Å². The van der Waals surface area contributed by atoms with Crippen molar-refractivity contribution in [3.05, 3.63) is 119 Å². The Morgan fingerprint density at radius 2 is 1.35 bits per heavy atom. The van der Waals surface area contributed by atoms with Crippen LogP contribution in [0, 0.1) is 0 Å². The maximum atomic E-state index is 14.4. The van der Waals surface area contributed by atoms with Crippen LogP contribution in [0.1, 0.15) is 32.6 Å². The fourth-order valence-corrected chi connectivity index (χ4v) is 5.06. The third-order valence-corrected chi connectivity index (χ3v) is 6.88. The first-order valence-electron chi connectivity index (χ1n) is 12.7. The monoisotopic (exact) mass is 535 g/mol. The van der Waals surface area contributed by atoms with E-state index in [1.54, 1.807) is 44.4 Å². The van der Waals surface area contributed by atoms with Crippen molar-refractivity contribution in [3.8, 4) is 17.2 Å². The molecule has 0 saturated carbocycles. The summed E-state index contributed by atoms with van der Waals surface area (Å²) in [6.07, 6.45) is 0. The summed E-state index contributed by atoms with van der Waals surface area (Å²) < 4.78 is 21.7. The zero-order valence-corrected chi connectivity index (χ0v) is 22.8. The molecule has 0 aromatic heterocycles. The van der Waals surface area contributed by atoms with E-state index in [2.05, 4.69) is 0 Å². The lowest BCUT2D eigenvalue weighted by molar-refractivity contribution is -0.113. The van der Waals surface area contributed by atoms with Gasteiger partial charge < -0.3 is 23.8 Å². The van der Waals surface area contributed by atoms with Gasteiger partial charge in [-0.1, -0.05) is 60.7 Å². The third kappa shape index (κ3) is 4.78. The molecule has 7 nitrogen and oxygen atoms in total. The zero-order valence-electron chi connectivity index (χ0n) is 22.8. The van der Waals surface area contributed by atoms with Gasteiger partial charge in [0.25, 0.3) is 5.91 Å². The predicted molar refractivity (Wildman–Crippen MR) is 154 cm³/mol. The molecule has 1 aliphatic heterocycles. The Morgan fingerprint density at radius 3 is 2.00 bits per heavy atom. The van der Waals surface area contributed by atoms with Gasteiger partial charge in [-0.15, -0.1) is 0 Å². The van der Waals surface area contributed by atoms with Gasteiger partial charge in [-0.25, -0.2) is 4.79 Å². The normalized spacial score (nSPS) is 13.5. The Hall–Kier alpha value is -5.04. The summed E-state index contributed by atoms with van der Waals surface area (Å²) in [5, 5.41) is 0. The van der Waals surface area contributed by atoms with E-state index >= 15 is 0 Å². The number of esters is 1. The molecule has 1 aliphatic rings. The molecule has 0 fully saturated rings. The number of amides is 1. The first kappa shape index (κ1) is 26.6. The summed E-state index contributed by atoms with van der Waals surface area (Å²) in [6.45, 7) is 0.279. The maximum absolute atomic E-state index is 14.4. The summed E-state index contributed by atoms with van der Waals surface area (Å²) in [5.41, 5.74) is 5.73. The van der Waals surface area contributed by atoms with E-state index in [-0.39, 0.29) is 12.5 Å². The van der Waals surface area contributed by atoms with E-state index in [1.165, 1.54) is 7.11 Å². The van der Waals surface area contributed by atoms with Crippen molar-refractivity contribution in [2.24, 2.45) is 0 Å². The van der Waals surface area contributed by atoms with Crippen molar-refractivity contribution < 1.29 is 28.5 Å². The molecular formula is C33H29NO6. The van der Waals surface area contributed by atoms with Crippen molar-refractivity contribution in [1.29, 1.82) is 0 Å². The fraction of sp³-hybridized carbons (Fsp3) is 0.152. The quantitative estimate of drug-likeness (QED) is 0.203. The minimum atomic E-state index is -0.427. The van der Waals surface area contributed by atoms with Gasteiger partial charge >= 0.3 is 5.97 Å². The van der Waals surface area contributed by atoms with E-state index in [1.807, 2.05) is 72.8 Å². The van der Waals surface area contributed by atoms with Gasteiger partial charge in [-0.05, 0) is 47.0 Å². The number of anilines is 1. The molecular weight excluding hydrogens is 506 g/mol. The molecule has 0 radical (unpaired) electrons. The Labute approximate surface area is 233 Å². The van der Waals surface area contributed by atoms with Crippen LogP contribution in [-0.4, -0.2) is 40.3 Å². The summed E-state index contributed by atoms with van der Waals surface area (Å²) in [5.74, 6) is 0.861. The van der Waals surface area contributed by atoms with Crippen LogP contribution in [0.25, 0.3) is 11.1 Å². The van der Waals surface area contributed by atoms with E-state index < -0.39 is 5.97 Å². The third-order valence-electron chi connectivity index (χ3n) is 6.88. The molecule has 1 amide bonds. The van der Waals surface area contributed by atoms with Crippen molar-refractivity contribution in [3.63, 3.8) is 0 Å². The SMILES string of the molecule is COC(=O)c1cccc(CN2C(=O)/C(=C(\c3ccccc3)c3cc(OC)c(OC)c(OC)c3)c3ccccc32)c1. The number of carbonyl (C=O) groups is 2. The maximum Gasteiger partial charge on any atom is 0.337 e. The van der Waals surface area contributed by atoms with Gasteiger partial charge in [0, 0.05) is 11.1 Å². The standard InChI is InChI=1S/C33H29NO6/c1-37-27-18-24(19-28(38-2)31(27)39-3)29(22-12-6-5-7-13-22)30-25-15-8-9-16-26(25)34(32(30)35)20-21-11-10-14-23(17-21)33(36)40-4/h5-19H,20H2,1-4H3/b30-29+. The molecule has 0 N–H and O–H groups in total. The van der Waals surface area contributed by atoms with E-state index in [9.17, 15) is 9.59 Å². The van der Waals surface area contributed by atoms with E-state index in [4.69, 9.17) is 18.9 Å². The lowest BCUT2D eigenvalue weighted by atomic mass is 9.89. The number of nitrogens with zero attached hydrogens (tertiary/aromatic N) is 1. The topological polar surface area (TPSA) is 74.3 Å². The number of ether oxygens (including phenoxy) is 4. The summed E-state index contributed by atoms with van der Waals surface area (Å²) >= 11 is 0. The number of hydrogen-bond acceptors (Lipinski definition) is 6. The number of methoxy groups -OCH3 is 4. The molecule has 4 aromatic carbocycles. The van der Waals surface area contributed by atoms with Crippen LogP contribution >= 0.6 is 0 Å². The number of fused-ring (bicyclic) bond motifs is 1. The Morgan fingerprint density at radius 1 is 0.700 bits per heavy atom. The highest BCUT2D eigenvalue weighted by Gasteiger charge is 2.35. The van der Waals surface area contributed by atoms with Crippen LogP contribution < -0.4 is 19.1 Å². The van der Waals surface area contributed by atoms with Gasteiger partial charge in [0.2, 0.25) is 5.75 Å². The van der Waals surface area contributed by atoms with Crippen LogP contribution in [0.4, 0.5) is 5.69 Å². The molecule has 0 unspecified atom stereocenters. The first-order chi connectivity index (χ1) is 19.5. The fourth-order valence-electron chi connectivity index (χ4n) is 5.06. The van der Waals surface area contributed by atoms with Crippen LogP contribution in [0.15, 0.2) is 91.0 Å². The number of hydrogen-bond donors (Lipinski definition) is 0. The lowest BCUT2D eigenvalue weighted by Crippen LogP contribution is -2.26. The highest BCUT2D eigenvalue weighted by Crippen LogP contribution is 2.47. The largest absolute Gasteiger partial charge is 0.493 e. The first-order valence-corrected chi connectivity index (χ1v) is 12.7. The van der Waals surface area contributed by atoms with E-state index in [0.717, 1.165) is 33.5 Å². The van der Waals surface area contributed by atoms with Crippen molar-refractivity contribution in [1.82, 2.24) is 0 Å². The smallest absolute Gasteiger partial charge is 0.337 e. The molecule has 4 aromatic rings. The van der Waals surface area contributed by atoms with Crippen LogP contribution in [0.2, 0.25) is 0 Å². The van der Waals surface area contributed by atoms with Gasteiger partial charge in [0.05, 0.1) is 51.8 Å². The van der Waals surface area contributed by atoms with Gasteiger partial charge in [0.1, 0.15) is 0 Å². The average Bonchev–Trinajstić information content (AvgIpc) is 3.27. The molecule has 1 heterocycles. The minimum Gasteiger partial charge on any atom is -0.493 e. The molecule has 0 aliphatic carbocycles. The Balaban J connectivity index is 1.72. The second kappa shape index (κ2) is 11.4. The molecule has 40 heavy (non-hydrogen) atoms. The van der Waals surface area contributed by atoms with Crippen molar-refractivity contribution in [2.75, 3.05) is 33.3 Å². The number of carbonyl (C=O) groups excluding carboxylic acids is 2. The molecule has 5 rings (SSSR count). The predicted octanol–water partition coefficient (Wildman–Crippen LogP) is 6.00. The Bertz CT molecular complexity index is 1580.